The van der Waals surface area contributed by atoms with Crippen molar-refractivity contribution in [2.24, 2.45) is 0 Å². The molecule has 7 heteroatoms. The first-order chi connectivity index (χ1) is 13.7. The van der Waals surface area contributed by atoms with Crippen molar-refractivity contribution in [3.05, 3.63) is 72.2 Å². The van der Waals surface area contributed by atoms with Crippen LogP contribution in [0.25, 0.3) is 28.2 Å². The maximum absolute atomic E-state index is 4.89. The fourth-order valence-electron chi connectivity index (χ4n) is 3.48. The van der Waals surface area contributed by atoms with Crippen LogP contribution in [0.2, 0.25) is 0 Å². The number of hydrogen-bond donors (Lipinski definition) is 1. The smallest absolute Gasteiger partial charge is 0.203 e. The average molecular weight is 369 g/mol. The molecule has 3 aromatic heterocycles. The maximum Gasteiger partial charge on any atom is 0.203 e. The van der Waals surface area contributed by atoms with Crippen molar-refractivity contribution in [1.29, 1.82) is 0 Å². The number of para-hydroxylation sites is 2. The summed E-state index contributed by atoms with van der Waals surface area (Å²) in [5, 5.41) is 11.5. The Hall–Kier alpha value is -3.74. The Morgan fingerprint density at radius 2 is 1.71 bits per heavy atom. The van der Waals surface area contributed by atoms with E-state index in [1.165, 1.54) is 5.56 Å². The van der Waals surface area contributed by atoms with Crippen LogP contribution in [0.5, 0.6) is 0 Å². The molecular weight excluding hydrogens is 350 g/mol. The molecule has 0 aliphatic carbocycles. The molecule has 2 aromatic carbocycles. The molecule has 5 rings (SSSR count). The number of rotatable bonds is 4. The van der Waals surface area contributed by atoms with Gasteiger partial charge in [-0.1, -0.05) is 42.5 Å². The van der Waals surface area contributed by atoms with E-state index in [1.54, 1.807) is 0 Å². The largest absolute Gasteiger partial charge is 0.370 e. The Kier molecular flexibility index (Phi) is 3.79. The molecule has 0 aliphatic heterocycles. The van der Waals surface area contributed by atoms with Crippen LogP contribution in [-0.2, 0) is 6.54 Å². The van der Waals surface area contributed by atoms with E-state index in [0.29, 0.717) is 18.0 Å². The molecule has 0 saturated carbocycles. The third-order valence-corrected chi connectivity index (χ3v) is 4.87. The first-order valence-corrected chi connectivity index (χ1v) is 9.14. The summed E-state index contributed by atoms with van der Waals surface area (Å²) < 4.78 is 4.15. The van der Waals surface area contributed by atoms with Crippen LogP contribution in [0, 0.1) is 6.92 Å². The van der Waals surface area contributed by atoms with Crippen LogP contribution in [0.15, 0.2) is 60.8 Å². The van der Waals surface area contributed by atoms with Gasteiger partial charge in [0.05, 0.1) is 11.0 Å². The summed E-state index contributed by atoms with van der Waals surface area (Å²) in [6, 6.07) is 18.5. The lowest BCUT2D eigenvalue weighted by atomic mass is 10.2. The van der Waals surface area contributed by atoms with E-state index < -0.39 is 0 Å². The molecule has 0 aliphatic rings. The summed E-state index contributed by atoms with van der Waals surface area (Å²) in [7, 11) is 1.84. The van der Waals surface area contributed by atoms with Gasteiger partial charge in [0.25, 0.3) is 0 Å². The fourth-order valence-corrected chi connectivity index (χ4v) is 3.48. The van der Waals surface area contributed by atoms with E-state index in [-0.39, 0.29) is 0 Å². The summed E-state index contributed by atoms with van der Waals surface area (Å²) >= 11 is 0. The highest BCUT2D eigenvalue weighted by molar-refractivity contribution is 5.80. The molecule has 0 radical (unpaired) electrons. The zero-order valence-electron chi connectivity index (χ0n) is 15.7. The zero-order valence-corrected chi connectivity index (χ0v) is 15.7. The second-order valence-corrected chi connectivity index (χ2v) is 6.66. The SMILES string of the molecule is CNc1nc(-c2nc3ccccc3n2Cc2ccccc2)cn2c(C)nnc12. The van der Waals surface area contributed by atoms with Gasteiger partial charge in [0.1, 0.15) is 11.5 Å². The van der Waals surface area contributed by atoms with Crippen molar-refractivity contribution in [2.75, 3.05) is 12.4 Å². The van der Waals surface area contributed by atoms with Crippen LogP contribution in [0.3, 0.4) is 0 Å². The number of hydrogen-bond acceptors (Lipinski definition) is 5. The molecule has 0 amide bonds. The van der Waals surface area contributed by atoms with E-state index in [2.05, 4.69) is 50.4 Å². The molecule has 0 bridgehead atoms. The molecular formula is C21H19N7. The van der Waals surface area contributed by atoms with Crippen LogP contribution in [0.1, 0.15) is 11.4 Å². The summed E-state index contributed by atoms with van der Waals surface area (Å²) in [4.78, 5) is 9.68. The molecule has 1 N–H and O–H groups in total. The predicted octanol–water partition coefficient (Wildman–Crippen LogP) is 3.54. The minimum atomic E-state index is 0.677. The van der Waals surface area contributed by atoms with Crippen molar-refractivity contribution in [3.8, 4) is 11.5 Å². The van der Waals surface area contributed by atoms with Gasteiger partial charge < -0.3 is 9.88 Å². The summed E-state index contributed by atoms with van der Waals surface area (Å²) in [5.41, 5.74) is 4.71. The first-order valence-electron chi connectivity index (χ1n) is 9.14. The quantitative estimate of drug-likeness (QED) is 0.525. The second kappa shape index (κ2) is 6.45. The van der Waals surface area contributed by atoms with Crippen molar-refractivity contribution >= 4 is 22.5 Å². The molecule has 0 atom stereocenters. The second-order valence-electron chi connectivity index (χ2n) is 6.66. The van der Waals surface area contributed by atoms with E-state index in [1.807, 2.05) is 48.8 Å². The Labute approximate surface area is 161 Å². The number of imidazole rings is 1. The number of fused-ring (bicyclic) bond motifs is 2. The van der Waals surface area contributed by atoms with Gasteiger partial charge >= 0.3 is 0 Å². The van der Waals surface area contributed by atoms with E-state index in [0.717, 1.165) is 28.4 Å². The third-order valence-electron chi connectivity index (χ3n) is 4.87. The van der Waals surface area contributed by atoms with Crippen LogP contribution in [0.4, 0.5) is 5.82 Å². The highest BCUT2D eigenvalue weighted by atomic mass is 15.3. The summed E-state index contributed by atoms with van der Waals surface area (Å²) in [5.74, 6) is 2.30. The Morgan fingerprint density at radius 1 is 0.929 bits per heavy atom. The highest BCUT2D eigenvalue weighted by Gasteiger charge is 2.17. The predicted molar refractivity (Wildman–Crippen MR) is 109 cm³/mol. The van der Waals surface area contributed by atoms with Crippen LogP contribution in [-0.4, -0.2) is 36.2 Å². The topological polar surface area (TPSA) is 72.9 Å². The summed E-state index contributed by atoms with van der Waals surface area (Å²) in [6.07, 6.45) is 1.95. The molecule has 3 heterocycles. The van der Waals surface area contributed by atoms with Crippen molar-refractivity contribution < 1.29 is 0 Å². The van der Waals surface area contributed by atoms with Crippen LogP contribution >= 0.6 is 0 Å². The molecule has 5 aromatic rings. The lowest BCUT2D eigenvalue weighted by molar-refractivity contribution is 0.828. The number of benzene rings is 2. The minimum Gasteiger partial charge on any atom is -0.370 e. The van der Waals surface area contributed by atoms with E-state index in [4.69, 9.17) is 9.97 Å². The normalized spacial score (nSPS) is 11.4. The number of aromatic nitrogens is 6. The Bertz CT molecular complexity index is 1280. The van der Waals surface area contributed by atoms with E-state index in [9.17, 15) is 0 Å². The molecule has 0 fully saturated rings. The van der Waals surface area contributed by atoms with Crippen molar-refractivity contribution in [3.63, 3.8) is 0 Å². The average Bonchev–Trinajstić information content (AvgIpc) is 3.29. The Morgan fingerprint density at radius 3 is 2.54 bits per heavy atom. The minimum absolute atomic E-state index is 0.677. The standard InChI is InChI=1S/C21H19N7/c1-14-25-26-21-19(22-2)23-17(13-27(14)21)20-24-16-10-6-7-11-18(16)28(20)12-15-8-4-3-5-9-15/h3-11,13H,12H2,1-2H3,(H,22,23). The maximum atomic E-state index is 4.89. The van der Waals surface area contributed by atoms with E-state index >= 15 is 0 Å². The molecule has 28 heavy (non-hydrogen) atoms. The Balaban J connectivity index is 1.76. The molecule has 7 nitrogen and oxygen atoms in total. The monoisotopic (exact) mass is 369 g/mol. The zero-order chi connectivity index (χ0) is 19.1. The number of anilines is 1. The van der Waals surface area contributed by atoms with Gasteiger partial charge in [-0.05, 0) is 24.6 Å². The van der Waals surface area contributed by atoms with Gasteiger partial charge in [-0.3, -0.25) is 4.40 Å². The fraction of sp³-hybridized carbons (Fsp3) is 0.143. The highest BCUT2D eigenvalue weighted by Crippen LogP contribution is 2.27. The van der Waals surface area contributed by atoms with Gasteiger partial charge in [-0.15, -0.1) is 10.2 Å². The summed E-state index contributed by atoms with van der Waals surface area (Å²) in [6.45, 7) is 2.64. The van der Waals surface area contributed by atoms with Gasteiger partial charge in [-0.2, -0.15) is 0 Å². The van der Waals surface area contributed by atoms with Crippen molar-refractivity contribution in [1.82, 2.24) is 29.1 Å². The molecule has 0 saturated heterocycles. The molecule has 0 spiro atoms. The number of nitrogens with one attached hydrogen (secondary N) is 1. The first kappa shape index (κ1) is 16.4. The van der Waals surface area contributed by atoms with Crippen molar-refractivity contribution in [2.45, 2.75) is 13.5 Å². The molecule has 0 unspecified atom stereocenters. The molecule has 138 valence electrons. The van der Waals surface area contributed by atoms with Gasteiger partial charge in [0.15, 0.2) is 11.6 Å². The van der Waals surface area contributed by atoms with Gasteiger partial charge in [0.2, 0.25) is 5.65 Å². The lowest BCUT2D eigenvalue weighted by Gasteiger charge is -2.11. The number of nitrogens with zero attached hydrogens (tertiary/aromatic N) is 6. The van der Waals surface area contributed by atoms with Crippen LogP contribution < -0.4 is 5.32 Å². The number of aryl methyl sites for hydroxylation is 1. The van der Waals surface area contributed by atoms with Gasteiger partial charge in [0, 0.05) is 19.8 Å². The third kappa shape index (κ3) is 2.60. The lowest BCUT2D eigenvalue weighted by Crippen LogP contribution is -2.06. The van der Waals surface area contributed by atoms with Gasteiger partial charge in [-0.25, -0.2) is 9.97 Å².